The fourth-order valence-corrected chi connectivity index (χ4v) is 3.39. The molecule has 1 N–H and O–H groups in total. The highest BCUT2D eigenvalue weighted by Crippen LogP contribution is 2.21. The maximum absolute atomic E-state index is 12.4. The van der Waals surface area contributed by atoms with E-state index in [2.05, 4.69) is 46.1 Å². The van der Waals surface area contributed by atoms with Crippen LogP contribution in [0.25, 0.3) is 0 Å². The van der Waals surface area contributed by atoms with Gasteiger partial charge in [-0.25, -0.2) is 0 Å². The Labute approximate surface area is 161 Å². The van der Waals surface area contributed by atoms with E-state index in [0.29, 0.717) is 5.69 Å². The van der Waals surface area contributed by atoms with E-state index in [4.69, 9.17) is 0 Å². The van der Waals surface area contributed by atoms with E-state index in [1.807, 2.05) is 30.3 Å². The Balaban J connectivity index is 1.61. The minimum atomic E-state index is -0.239. The van der Waals surface area contributed by atoms with Gasteiger partial charge in [0.1, 0.15) is 0 Å². The molecule has 2 heterocycles. The number of hydrogen-bond donors (Lipinski definition) is 1. The molecule has 2 aromatic rings. The molecule has 0 radical (unpaired) electrons. The fourth-order valence-electron chi connectivity index (χ4n) is 3.39. The standard InChI is InChI=1S/C21H29N5O/c1-4-25(5-2)18-8-6-17(7-9-18)22-21(27)19-10-11-20(24-23-19)26-14-12-16(3)13-15-26/h6-11,16H,4-5,12-15H2,1-3H3,(H,22,27). The second kappa shape index (κ2) is 8.84. The van der Waals surface area contributed by atoms with Gasteiger partial charge in [0.2, 0.25) is 0 Å². The van der Waals surface area contributed by atoms with Gasteiger partial charge in [0, 0.05) is 37.6 Å². The second-order valence-electron chi connectivity index (χ2n) is 7.12. The first-order valence-electron chi connectivity index (χ1n) is 9.85. The Kier molecular flexibility index (Phi) is 6.27. The largest absolute Gasteiger partial charge is 0.372 e. The zero-order valence-electron chi connectivity index (χ0n) is 16.5. The lowest BCUT2D eigenvalue weighted by Crippen LogP contribution is -2.33. The van der Waals surface area contributed by atoms with Crippen molar-refractivity contribution in [3.05, 3.63) is 42.1 Å². The smallest absolute Gasteiger partial charge is 0.276 e. The number of anilines is 3. The van der Waals surface area contributed by atoms with Crippen LogP contribution in [0.3, 0.4) is 0 Å². The summed E-state index contributed by atoms with van der Waals surface area (Å²) < 4.78 is 0. The number of carbonyl (C=O) groups is 1. The zero-order valence-corrected chi connectivity index (χ0v) is 16.5. The van der Waals surface area contributed by atoms with Crippen molar-refractivity contribution in [3.63, 3.8) is 0 Å². The third-order valence-electron chi connectivity index (χ3n) is 5.24. The number of hydrogen-bond acceptors (Lipinski definition) is 5. The van der Waals surface area contributed by atoms with Gasteiger partial charge in [0.25, 0.3) is 5.91 Å². The third-order valence-corrected chi connectivity index (χ3v) is 5.24. The average Bonchev–Trinajstić information content (AvgIpc) is 2.71. The number of nitrogens with one attached hydrogen (secondary N) is 1. The van der Waals surface area contributed by atoms with Crippen LogP contribution in [0, 0.1) is 5.92 Å². The lowest BCUT2D eigenvalue weighted by Gasteiger charge is -2.30. The molecule has 6 nitrogen and oxygen atoms in total. The minimum absolute atomic E-state index is 0.239. The van der Waals surface area contributed by atoms with Crippen molar-refractivity contribution < 1.29 is 4.79 Å². The Morgan fingerprint density at radius 2 is 1.74 bits per heavy atom. The SMILES string of the molecule is CCN(CC)c1ccc(NC(=O)c2ccc(N3CCC(C)CC3)nn2)cc1. The molecule has 144 valence electrons. The fraction of sp³-hybridized carbons (Fsp3) is 0.476. The average molecular weight is 367 g/mol. The minimum Gasteiger partial charge on any atom is -0.372 e. The Morgan fingerprint density at radius 1 is 1.07 bits per heavy atom. The van der Waals surface area contributed by atoms with Crippen molar-refractivity contribution in [3.8, 4) is 0 Å². The normalized spacial score (nSPS) is 14.9. The zero-order chi connectivity index (χ0) is 19.2. The third kappa shape index (κ3) is 4.76. The van der Waals surface area contributed by atoms with E-state index in [0.717, 1.165) is 49.3 Å². The predicted octanol–water partition coefficient (Wildman–Crippen LogP) is 3.81. The molecule has 0 unspecified atom stereocenters. The molecule has 0 atom stereocenters. The highest BCUT2D eigenvalue weighted by atomic mass is 16.1. The first-order chi connectivity index (χ1) is 13.1. The molecule has 0 aliphatic carbocycles. The number of carbonyl (C=O) groups excluding carboxylic acids is 1. The van der Waals surface area contributed by atoms with Crippen LogP contribution in [-0.4, -0.2) is 42.3 Å². The van der Waals surface area contributed by atoms with Crippen molar-refractivity contribution in [1.82, 2.24) is 10.2 Å². The summed E-state index contributed by atoms with van der Waals surface area (Å²) in [6.45, 7) is 10.5. The van der Waals surface area contributed by atoms with Gasteiger partial charge in [0.05, 0.1) is 0 Å². The van der Waals surface area contributed by atoms with Crippen LogP contribution < -0.4 is 15.1 Å². The van der Waals surface area contributed by atoms with Crippen LogP contribution in [0.5, 0.6) is 0 Å². The molecular weight excluding hydrogens is 338 g/mol. The molecule has 1 fully saturated rings. The maximum Gasteiger partial charge on any atom is 0.276 e. The number of rotatable bonds is 6. The molecule has 1 amide bonds. The summed E-state index contributed by atoms with van der Waals surface area (Å²) in [5.41, 5.74) is 2.24. The highest BCUT2D eigenvalue weighted by molar-refractivity contribution is 6.02. The molecule has 1 saturated heterocycles. The lowest BCUT2D eigenvalue weighted by atomic mass is 9.99. The van der Waals surface area contributed by atoms with Crippen LogP contribution in [-0.2, 0) is 0 Å². The number of nitrogens with zero attached hydrogens (tertiary/aromatic N) is 4. The van der Waals surface area contributed by atoms with Crippen molar-refractivity contribution in [2.75, 3.05) is 41.3 Å². The molecule has 27 heavy (non-hydrogen) atoms. The van der Waals surface area contributed by atoms with Gasteiger partial charge in [-0.2, -0.15) is 0 Å². The monoisotopic (exact) mass is 367 g/mol. The molecule has 1 aromatic carbocycles. The topological polar surface area (TPSA) is 61.4 Å². The van der Waals surface area contributed by atoms with E-state index in [1.165, 1.54) is 12.8 Å². The Hall–Kier alpha value is -2.63. The van der Waals surface area contributed by atoms with E-state index >= 15 is 0 Å². The first-order valence-corrected chi connectivity index (χ1v) is 9.85. The summed E-state index contributed by atoms with van der Waals surface area (Å²) in [6, 6.07) is 11.5. The molecule has 1 aliphatic rings. The quantitative estimate of drug-likeness (QED) is 0.841. The number of aromatic nitrogens is 2. The van der Waals surface area contributed by atoms with E-state index in [1.54, 1.807) is 6.07 Å². The van der Waals surface area contributed by atoms with Gasteiger partial charge in [-0.05, 0) is 69.0 Å². The summed E-state index contributed by atoms with van der Waals surface area (Å²) in [5, 5.41) is 11.3. The highest BCUT2D eigenvalue weighted by Gasteiger charge is 2.18. The van der Waals surface area contributed by atoms with Crippen molar-refractivity contribution in [2.45, 2.75) is 33.6 Å². The molecule has 1 aromatic heterocycles. The molecule has 0 bridgehead atoms. The molecule has 1 aliphatic heterocycles. The van der Waals surface area contributed by atoms with Gasteiger partial charge in [-0.3, -0.25) is 4.79 Å². The van der Waals surface area contributed by atoms with Crippen LogP contribution in [0.15, 0.2) is 36.4 Å². The summed E-state index contributed by atoms with van der Waals surface area (Å²) in [4.78, 5) is 16.9. The van der Waals surface area contributed by atoms with Crippen molar-refractivity contribution in [1.29, 1.82) is 0 Å². The summed E-state index contributed by atoms with van der Waals surface area (Å²) in [5.74, 6) is 1.38. The first kappa shape index (κ1) is 19.1. The van der Waals surface area contributed by atoms with Crippen molar-refractivity contribution in [2.24, 2.45) is 5.92 Å². The van der Waals surface area contributed by atoms with Gasteiger partial charge in [0.15, 0.2) is 11.5 Å². The number of benzene rings is 1. The van der Waals surface area contributed by atoms with Gasteiger partial charge < -0.3 is 15.1 Å². The van der Waals surface area contributed by atoms with Gasteiger partial charge >= 0.3 is 0 Å². The molecule has 3 rings (SSSR count). The lowest BCUT2D eigenvalue weighted by molar-refractivity contribution is 0.102. The maximum atomic E-state index is 12.4. The molecule has 0 spiro atoms. The van der Waals surface area contributed by atoms with Crippen LogP contribution >= 0.6 is 0 Å². The van der Waals surface area contributed by atoms with Gasteiger partial charge in [-0.15, -0.1) is 10.2 Å². The number of amides is 1. The van der Waals surface area contributed by atoms with E-state index in [9.17, 15) is 4.79 Å². The molecule has 6 heteroatoms. The van der Waals surface area contributed by atoms with Gasteiger partial charge in [-0.1, -0.05) is 6.92 Å². The number of piperidine rings is 1. The van der Waals surface area contributed by atoms with Crippen LogP contribution in [0.1, 0.15) is 44.1 Å². The summed E-state index contributed by atoms with van der Waals surface area (Å²) >= 11 is 0. The molecular formula is C21H29N5O. The Bertz CT molecular complexity index is 732. The summed E-state index contributed by atoms with van der Waals surface area (Å²) in [7, 11) is 0. The predicted molar refractivity (Wildman–Crippen MR) is 111 cm³/mol. The van der Waals surface area contributed by atoms with Crippen LogP contribution in [0.2, 0.25) is 0 Å². The van der Waals surface area contributed by atoms with Crippen molar-refractivity contribution >= 4 is 23.1 Å². The molecule has 0 saturated carbocycles. The Morgan fingerprint density at radius 3 is 2.30 bits per heavy atom. The second-order valence-corrected chi connectivity index (χ2v) is 7.12. The van der Waals surface area contributed by atoms with E-state index in [-0.39, 0.29) is 5.91 Å². The van der Waals surface area contributed by atoms with E-state index < -0.39 is 0 Å². The van der Waals surface area contributed by atoms with Crippen LogP contribution in [0.4, 0.5) is 17.2 Å². The summed E-state index contributed by atoms with van der Waals surface area (Å²) in [6.07, 6.45) is 2.35.